The number of hydrogen-bond acceptors (Lipinski definition) is 7. The van der Waals surface area contributed by atoms with Gasteiger partial charge in [-0.2, -0.15) is 0 Å². The highest BCUT2D eigenvalue weighted by atomic mass is 32.2. The molecule has 0 aromatic carbocycles. The number of rotatable bonds is 3. The zero-order valence-electron chi connectivity index (χ0n) is 9.74. The summed E-state index contributed by atoms with van der Waals surface area (Å²) in [5.41, 5.74) is 11.9. The van der Waals surface area contributed by atoms with Crippen LogP contribution in [-0.4, -0.2) is 20.1 Å². The number of aromatic nitrogens is 3. The molecular weight excluding hydrogens is 250 g/mol. The highest BCUT2D eigenvalue weighted by molar-refractivity contribution is 7.99. The predicted octanol–water partition coefficient (Wildman–Crippen LogP) is 1.24. The van der Waals surface area contributed by atoms with Crippen molar-refractivity contribution in [3.63, 3.8) is 0 Å². The van der Waals surface area contributed by atoms with Crippen molar-refractivity contribution in [1.82, 2.24) is 15.0 Å². The summed E-state index contributed by atoms with van der Waals surface area (Å²) >= 11 is 1.22. The normalized spacial score (nSPS) is 12.3. The van der Waals surface area contributed by atoms with E-state index in [-0.39, 0.29) is 0 Å². The van der Waals surface area contributed by atoms with Gasteiger partial charge in [0.25, 0.3) is 0 Å². The van der Waals surface area contributed by atoms with Crippen molar-refractivity contribution in [3.8, 4) is 0 Å². The monoisotopic (exact) mass is 263 g/mol. The molecule has 0 saturated heterocycles. The van der Waals surface area contributed by atoms with E-state index in [4.69, 9.17) is 11.5 Å². The smallest absolute Gasteiger partial charge is 0.197 e. The van der Waals surface area contributed by atoms with Crippen LogP contribution in [0, 0.1) is 0 Å². The fourth-order valence-corrected chi connectivity index (χ4v) is 2.35. The molecule has 6 nitrogen and oxygen atoms in total. The van der Waals surface area contributed by atoms with Gasteiger partial charge in [0, 0.05) is 17.8 Å². The Morgan fingerprint density at radius 3 is 2.56 bits per heavy atom. The maximum absolute atomic E-state index is 9.65. The minimum Gasteiger partial charge on any atom is -0.389 e. The molecule has 1 unspecified atom stereocenters. The lowest BCUT2D eigenvalue weighted by atomic mass is 10.2. The number of aliphatic hydroxyl groups is 1. The third kappa shape index (κ3) is 2.88. The molecule has 2 aromatic rings. The average Bonchev–Trinajstić information content (AvgIpc) is 2.27. The molecule has 0 aliphatic carbocycles. The Morgan fingerprint density at radius 1 is 1.28 bits per heavy atom. The lowest BCUT2D eigenvalue weighted by Gasteiger charge is -2.09. The van der Waals surface area contributed by atoms with E-state index in [9.17, 15) is 5.11 Å². The summed E-state index contributed by atoms with van der Waals surface area (Å²) in [5.74, 6) is 0.610. The van der Waals surface area contributed by atoms with Crippen molar-refractivity contribution in [2.45, 2.75) is 23.2 Å². The molecule has 94 valence electrons. The number of nitrogen functional groups attached to an aromatic ring is 2. The summed E-state index contributed by atoms with van der Waals surface area (Å²) in [6.07, 6.45) is 1.03. The van der Waals surface area contributed by atoms with Gasteiger partial charge >= 0.3 is 0 Å². The summed E-state index contributed by atoms with van der Waals surface area (Å²) in [4.78, 5) is 12.3. The van der Waals surface area contributed by atoms with Crippen LogP contribution < -0.4 is 11.5 Å². The van der Waals surface area contributed by atoms with Gasteiger partial charge in [0.1, 0.15) is 16.7 Å². The Balaban J connectivity index is 2.34. The van der Waals surface area contributed by atoms with Crippen LogP contribution in [-0.2, 0) is 0 Å². The fraction of sp³-hybridized carbons (Fsp3) is 0.182. The molecule has 0 saturated carbocycles. The van der Waals surface area contributed by atoms with Crippen LogP contribution in [0.5, 0.6) is 0 Å². The van der Waals surface area contributed by atoms with Crippen LogP contribution in [0.3, 0.4) is 0 Å². The van der Waals surface area contributed by atoms with Gasteiger partial charge in [0.15, 0.2) is 5.16 Å². The van der Waals surface area contributed by atoms with E-state index in [1.54, 1.807) is 25.3 Å². The van der Waals surface area contributed by atoms with Gasteiger partial charge in [0.05, 0.1) is 6.10 Å². The van der Waals surface area contributed by atoms with E-state index in [0.717, 1.165) is 0 Å². The molecule has 0 aliphatic rings. The number of nitrogens with zero attached hydrogens (tertiary/aromatic N) is 3. The van der Waals surface area contributed by atoms with Gasteiger partial charge in [-0.3, -0.25) is 0 Å². The van der Waals surface area contributed by atoms with Gasteiger partial charge in [-0.25, -0.2) is 15.0 Å². The van der Waals surface area contributed by atoms with E-state index in [0.29, 0.717) is 27.4 Å². The first-order valence-electron chi connectivity index (χ1n) is 5.27. The first-order valence-corrected chi connectivity index (χ1v) is 6.09. The molecule has 1 atom stereocenters. The summed E-state index contributed by atoms with van der Waals surface area (Å²) in [6.45, 7) is 1.68. The second-order valence-electron chi connectivity index (χ2n) is 3.68. The molecular formula is C11H13N5OS. The third-order valence-corrected chi connectivity index (χ3v) is 3.08. The topological polar surface area (TPSA) is 111 Å². The Morgan fingerprint density at radius 2 is 1.94 bits per heavy atom. The molecule has 5 N–H and O–H groups in total. The standard InChI is InChI=1S/C11H13N5OS/c1-6(17)7-3-2-4-14-10(7)18-11-15-8(12)5-9(13)16-11/h2-6,17H,1H3,(H4,12,13,15,16). The molecule has 0 aliphatic heterocycles. The molecule has 7 heteroatoms. The summed E-state index contributed by atoms with van der Waals surface area (Å²) in [7, 11) is 0. The quantitative estimate of drug-likeness (QED) is 0.714. The molecule has 0 spiro atoms. The van der Waals surface area contributed by atoms with Crippen molar-refractivity contribution in [3.05, 3.63) is 30.0 Å². The van der Waals surface area contributed by atoms with Crippen LogP contribution in [0.25, 0.3) is 0 Å². The number of aliphatic hydroxyl groups excluding tert-OH is 1. The van der Waals surface area contributed by atoms with Crippen molar-refractivity contribution >= 4 is 23.4 Å². The van der Waals surface area contributed by atoms with Crippen LogP contribution in [0.4, 0.5) is 11.6 Å². The molecule has 0 radical (unpaired) electrons. The van der Waals surface area contributed by atoms with Crippen LogP contribution >= 0.6 is 11.8 Å². The lowest BCUT2D eigenvalue weighted by Crippen LogP contribution is -2.01. The highest BCUT2D eigenvalue weighted by Crippen LogP contribution is 2.29. The van der Waals surface area contributed by atoms with Crippen LogP contribution in [0.15, 0.2) is 34.6 Å². The minimum absolute atomic E-state index is 0.305. The van der Waals surface area contributed by atoms with Gasteiger partial charge in [0.2, 0.25) is 0 Å². The number of nitrogens with two attached hydrogens (primary N) is 2. The largest absolute Gasteiger partial charge is 0.389 e. The summed E-state index contributed by atoms with van der Waals surface area (Å²) < 4.78 is 0. The van der Waals surface area contributed by atoms with E-state index in [1.165, 1.54) is 17.8 Å². The maximum Gasteiger partial charge on any atom is 0.197 e. The first kappa shape index (κ1) is 12.6. The molecule has 0 bridgehead atoms. The Hall–Kier alpha value is -1.86. The van der Waals surface area contributed by atoms with Gasteiger partial charge in [-0.1, -0.05) is 6.07 Å². The van der Waals surface area contributed by atoms with Crippen LogP contribution in [0.2, 0.25) is 0 Å². The highest BCUT2D eigenvalue weighted by Gasteiger charge is 2.12. The number of hydrogen-bond donors (Lipinski definition) is 3. The molecule has 0 amide bonds. The Bertz CT molecular complexity index is 541. The Kier molecular flexibility index (Phi) is 3.63. The van der Waals surface area contributed by atoms with Crippen LogP contribution in [0.1, 0.15) is 18.6 Å². The van der Waals surface area contributed by atoms with Gasteiger partial charge in [-0.15, -0.1) is 0 Å². The molecule has 2 aromatic heterocycles. The van der Waals surface area contributed by atoms with E-state index < -0.39 is 6.10 Å². The van der Waals surface area contributed by atoms with Crippen molar-refractivity contribution < 1.29 is 5.11 Å². The summed E-state index contributed by atoms with van der Waals surface area (Å²) in [5, 5.41) is 10.7. The number of pyridine rings is 1. The van der Waals surface area contributed by atoms with Gasteiger partial charge in [-0.05, 0) is 24.8 Å². The average molecular weight is 263 g/mol. The van der Waals surface area contributed by atoms with Crippen molar-refractivity contribution in [2.24, 2.45) is 0 Å². The molecule has 2 heterocycles. The lowest BCUT2D eigenvalue weighted by molar-refractivity contribution is 0.195. The molecule has 2 rings (SSSR count). The zero-order chi connectivity index (χ0) is 13.1. The Labute approximate surface area is 108 Å². The number of anilines is 2. The molecule has 0 fully saturated rings. The SMILES string of the molecule is CC(O)c1cccnc1Sc1nc(N)cc(N)n1. The fourth-order valence-electron chi connectivity index (χ4n) is 1.40. The first-order chi connectivity index (χ1) is 8.56. The third-order valence-electron chi connectivity index (χ3n) is 2.18. The summed E-state index contributed by atoms with van der Waals surface area (Å²) in [6, 6.07) is 5.05. The second-order valence-corrected chi connectivity index (χ2v) is 4.63. The molecule has 18 heavy (non-hydrogen) atoms. The second kappa shape index (κ2) is 5.19. The maximum atomic E-state index is 9.65. The van der Waals surface area contributed by atoms with E-state index in [2.05, 4.69) is 15.0 Å². The van der Waals surface area contributed by atoms with E-state index >= 15 is 0 Å². The predicted molar refractivity (Wildman–Crippen MR) is 69.9 cm³/mol. The zero-order valence-corrected chi connectivity index (χ0v) is 10.6. The van der Waals surface area contributed by atoms with Gasteiger partial charge < -0.3 is 16.6 Å². The minimum atomic E-state index is -0.611. The van der Waals surface area contributed by atoms with E-state index in [1.807, 2.05) is 0 Å². The van der Waals surface area contributed by atoms with Crippen molar-refractivity contribution in [1.29, 1.82) is 0 Å². The van der Waals surface area contributed by atoms with Crippen molar-refractivity contribution in [2.75, 3.05) is 11.5 Å².